The maximum absolute atomic E-state index is 11.7. The summed E-state index contributed by atoms with van der Waals surface area (Å²) in [5, 5.41) is 9.59. The summed E-state index contributed by atoms with van der Waals surface area (Å²) < 4.78 is 10.6. The Kier molecular flexibility index (Phi) is 3.39. The van der Waals surface area contributed by atoms with Crippen molar-refractivity contribution in [2.75, 3.05) is 18.7 Å². The van der Waals surface area contributed by atoms with Crippen LogP contribution in [0.3, 0.4) is 0 Å². The summed E-state index contributed by atoms with van der Waals surface area (Å²) in [6.07, 6.45) is 0. The zero-order valence-corrected chi connectivity index (χ0v) is 11.5. The van der Waals surface area contributed by atoms with Gasteiger partial charge in [-0.3, -0.25) is 0 Å². The maximum Gasteiger partial charge on any atom is 0.331 e. The van der Waals surface area contributed by atoms with Gasteiger partial charge in [0.05, 0.1) is 0 Å². The molecule has 0 saturated carbocycles. The molecule has 21 heavy (non-hydrogen) atoms. The Morgan fingerprint density at radius 2 is 1.86 bits per heavy atom. The van der Waals surface area contributed by atoms with Crippen LogP contribution < -0.4 is 14.4 Å². The Balaban J connectivity index is 1.97. The first-order chi connectivity index (χ1) is 10.2. The van der Waals surface area contributed by atoms with Crippen molar-refractivity contribution >= 4 is 11.7 Å². The zero-order chi connectivity index (χ0) is 14.8. The SMILES string of the molecule is CN(c1ccccc1)C(C(=O)O)c1ccc2c(c1)OCO2. The van der Waals surface area contributed by atoms with E-state index in [1.807, 2.05) is 30.3 Å². The summed E-state index contributed by atoms with van der Waals surface area (Å²) in [6.45, 7) is 0.172. The molecule has 0 radical (unpaired) electrons. The van der Waals surface area contributed by atoms with E-state index < -0.39 is 12.0 Å². The fourth-order valence-corrected chi connectivity index (χ4v) is 2.43. The molecule has 1 heterocycles. The van der Waals surface area contributed by atoms with Crippen LogP contribution in [-0.4, -0.2) is 24.9 Å². The summed E-state index contributed by atoms with van der Waals surface area (Å²) in [4.78, 5) is 13.4. The van der Waals surface area contributed by atoms with E-state index in [4.69, 9.17) is 9.47 Å². The van der Waals surface area contributed by atoms with E-state index in [1.54, 1.807) is 30.1 Å². The fourth-order valence-electron chi connectivity index (χ4n) is 2.43. The minimum Gasteiger partial charge on any atom is -0.479 e. The monoisotopic (exact) mass is 285 g/mol. The van der Waals surface area contributed by atoms with Gasteiger partial charge in [0.15, 0.2) is 17.5 Å². The zero-order valence-electron chi connectivity index (χ0n) is 11.5. The third kappa shape index (κ3) is 2.50. The van der Waals surface area contributed by atoms with Crippen molar-refractivity contribution in [3.8, 4) is 11.5 Å². The van der Waals surface area contributed by atoms with E-state index in [-0.39, 0.29) is 6.79 Å². The molecule has 0 spiro atoms. The summed E-state index contributed by atoms with van der Waals surface area (Å²) in [5.74, 6) is 0.311. The van der Waals surface area contributed by atoms with Gasteiger partial charge in [-0.05, 0) is 29.8 Å². The molecule has 2 aromatic rings. The molecule has 0 saturated heterocycles. The topological polar surface area (TPSA) is 59.0 Å². The van der Waals surface area contributed by atoms with Crippen LogP contribution in [0.2, 0.25) is 0 Å². The molecule has 1 aliphatic heterocycles. The molecule has 5 heteroatoms. The molecule has 0 aliphatic carbocycles. The number of hydrogen-bond acceptors (Lipinski definition) is 4. The first-order valence-electron chi connectivity index (χ1n) is 6.57. The van der Waals surface area contributed by atoms with Gasteiger partial charge in [0.2, 0.25) is 6.79 Å². The lowest BCUT2D eigenvalue weighted by atomic mass is 10.0. The number of benzene rings is 2. The van der Waals surface area contributed by atoms with Crippen LogP contribution in [0.25, 0.3) is 0 Å². The molecule has 0 amide bonds. The van der Waals surface area contributed by atoms with Crippen LogP contribution in [0.5, 0.6) is 11.5 Å². The molecule has 0 bridgehead atoms. The second-order valence-corrected chi connectivity index (χ2v) is 4.80. The Morgan fingerprint density at radius 1 is 1.14 bits per heavy atom. The standard InChI is InChI=1S/C16H15NO4/c1-17(12-5-3-2-4-6-12)15(16(18)19)11-7-8-13-14(9-11)21-10-20-13/h2-9,15H,10H2,1H3,(H,18,19). The normalized spacial score (nSPS) is 13.8. The van der Waals surface area contributed by atoms with Gasteiger partial charge in [-0.15, -0.1) is 0 Å². The number of nitrogens with zero attached hydrogens (tertiary/aromatic N) is 1. The van der Waals surface area contributed by atoms with Crippen molar-refractivity contribution in [2.24, 2.45) is 0 Å². The van der Waals surface area contributed by atoms with Crippen LogP contribution in [0.1, 0.15) is 11.6 Å². The van der Waals surface area contributed by atoms with E-state index in [9.17, 15) is 9.90 Å². The second-order valence-electron chi connectivity index (χ2n) is 4.80. The number of carboxylic acids is 1. The average Bonchev–Trinajstić information content (AvgIpc) is 2.95. The van der Waals surface area contributed by atoms with Crippen molar-refractivity contribution in [1.29, 1.82) is 0 Å². The van der Waals surface area contributed by atoms with Gasteiger partial charge < -0.3 is 19.5 Å². The first-order valence-corrected chi connectivity index (χ1v) is 6.57. The molecule has 5 nitrogen and oxygen atoms in total. The number of para-hydroxylation sites is 1. The van der Waals surface area contributed by atoms with Crippen molar-refractivity contribution < 1.29 is 19.4 Å². The van der Waals surface area contributed by atoms with Gasteiger partial charge in [0, 0.05) is 12.7 Å². The molecule has 0 fully saturated rings. The summed E-state index contributed by atoms with van der Waals surface area (Å²) >= 11 is 0. The summed E-state index contributed by atoms with van der Waals surface area (Å²) in [6, 6.07) is 13.8. The van der Waals surface area contributed by atoms with Crippen molar-refractivity contribution in [3.05, 3.63) is 54.1 Å². The maximum atomic E-state index is 11.7. The smallest absolute Gasteiger partial charge is 0.331 e. The largest absolute Gasteiger partial charge is 0.479 e. The number of hydrogen-bond donors (Lipinski definition) is 1. The van der Waals surface area contributed by atoms with Gasteiger partial charge in [-0.2, -0.15) is 0 Å². The number of likely N-dealkylation sites (N-methyl/N-ethyl adjacent to an activating group) is 1. The van der Waals surface area contributed by atoms with Crippen LogP contribution in [0, 0.1) is 0 Å². The van der Waals surface area contributed by atoms with Crippen molar-refractivity contribution in [2.45, 2.75) is 6.04 Å². The number of anilines is 1. The third-order valence-corrected chi connectivity index (χ3v) is 3.50. The highest BCUT2D eigenvalue weighted by Crippen LogP contribution is 2.36. The number of ether oxygens (including phenoxy) is 2. The third-order valence-electron chi connectivity index (χ3n) is 3.50. The molecule has 108 valence electrons. The fraction of sp³-hybridized carbons (Fsp3) is 0.188. The molecule has 0 aromatic heterocycles. The molecule has 1 N–H and O–H groups in total. The number of rotatable bonds is 4. The summed E-state index contributed by atoms with van der Waals surface area (Å²) in [7, 11) is 1.76. The minimum atomic E-state index is -0.916. The van der Waals surface area contributed by atoms with E-state index in [2.05, 4.69) is 0 Å². The van der Waals surface area contributed by atoms with E-state index in [0.29, 0.717) is 17.1 Å². The van der Waals surface area contributed by atoms with Crippen molar-refractivity contribution in [3.63, 3.8) is 0 Å². The lowest BCUT2D eigenvalue weighted by molar-refractivity contribution is -0.138. The Labute approximate surface area is 122 Å². The number of carbonyl (C=O) groups is 1. The molecular formula is C16H15NO4. The predicted octanol–water partition coefficient (Wildman–Crippen LogP) is 2.68. The Bertz CT molecular complexity index is 657. The van der Waals surface area contributed by atoms with E-state index >= 15 is 0 Å². The first kappa shape index (κ1) is 13.3. The Hall–Kier alpha value is -2.69. The highest BCUT2D eigenvalue weighted by Gasteiger charge is 2.27. The quantitative estimate of drug-likeness (QED) is 0.936. The predicted molar refractivity (Wildman–Crippen MR) is 77.8 cm³/mol. The molecule has 2 aromatic carbocycles. The molecule has 1 atom stereocenters. The second kappa shape index (κ2) is 5.36. The van der Waals surface area contributed by atoms with Crippen LogP contribution >= 0.6 is 0 Å². The lowest BCUT2D eigenvalue weighted by Gasteiger charge is -2.27. The number of aliphatic carboxylic acids is 1. The molecule has 1 unspecified atom stereocenters. The lowest BCUT2D eigenvalue weighted by Crippen LogP contribution is -2.30. The van der Waals surface area contributed by atoms with E-state index in [0.717, 1.165) is 5.69 Å². The van der Waals surface area contributed by atoms with E-state index in [1.165, 1.54) is 0 Å². The van der Waals surface area contributed by atoms with Gasteiger partial charge in [-0.25, -0.2) is 4.79 Å². The number of carboxylic acid groups (broad SMARTS) is 1. The highest BCUT2D eigenvalue weighted by molar-refractivity contribution is 5.80. The van der Waals surface area contributed by atoms with Gasteiger partial charge in [-0.1, -0.05) is 24.3 Å². The van der Waals surface area contributed by atoms with Gasteiger partial charge in [0.25, 0.3) is 0 Å². The highest BCUT2D eigenvalue weighted by atomic mass is 16.7. The molecule has 3 rings (SSSR count). The number of fused-ring (bicyclic) bond motifs is 1. The van der Waals surface area contributed by atoms with Crippen molar-refractivity contribution in [1.82, 2.24) is 0 Å². The van der Waals surface area contributed by atoms with Crippen LogP contribution in [0.4, 0.5) is 5.69 Å². The summed E-state index contributed by atoms with van der Waals surface area (Å²) in [5.41, 5.74) is 1.49. The minimum absolute atomic E-state index is 0.172. The average molecular weight is 285 g/mol. The van der Waals surface area contributed by atoms with Crippen LogP contribution in [-0.2, 0) is 4.79 Å². The molecule has 1 aliphatic rings. The Morgan fingerprint density at radius 3 is 2.57 bits per heavy atom. The van der Waals surface area contributed by atoms with Crippen LogP contribution in [0.15, 0.2) is 48.5 Å². The van der Waals surface area contributed by atoms with Gasteiger partial charge in [0.1, 0.15) is 0 Å². The molecular weight excluding hydrogens is 270 g/mol. The van der Waals surface area contributed by atoms with Gasteiger partial charge >= 0.3 is 5.97 Å².